The molecule has 0 aliphatic carbocycles. The van der Waals surface area contributed by atoms with E-state index in [4.69, 9.17) is 5.73 Å². The van der Waals surface area contributed by atoms with E-state index in [1.165, 1.54) is 93.7 Å². The van der Waals surface area contributed by atoms with Crippen LogP contribution in [0, 0.1) is 12.8 Å². The van der Waals surface area contributed by atoms with Gasteiger partial charge in [-0.15, -0.1) is 0 Å². The van der Waals surface area contributed by atoms with E-state index in [-0.39, 0.29) is 0 Å². The van der Waals surface area contributed by atoms with Crippen molar-refractivity contribution in [2.45, 2.75) is 84.0 Å². The molecule has 0 aliphatic rings. The topological polar surface area (TPSA) is 26.0 Å². The van der Waals surface area contributed by atoms with Crippen molar-refractivity contribution in [2.75, 3.05) is 6.54 Å². The highest BCUT2D eigenvalue weighted by Gasteiger charge is 2.11. The molecule has 3 aromatic rings. The highest BCUT2D eigenvalue weighted by Crippen LogP contribution is 2.21. The zero-order valence-corrected chi connectivity index (χ0v) is 21.5. The van der Waals surface area contributed by atoms with Crippen molar-refractivity contribution in [2.24, 2.45) is 11.7 Å². The molecule has 0 spiro atoms. The summed E-state index contributed by atoms with van der Waals surface area (Å²) in [6.07, 6.45) is 16.0. The number of rotatable bonds is 15. The van der Waals surface area contributed by atoms with E-state index in [9.17, 15) is 0 Å². The Morgan fingerprint density at radius 2 is 0.882 bits per heavy atom. The third kappa shape index (κ3) is 14.0. The molecule has 0 bridgehead atoms. The number of unbranched alkanes of at least 4 members (excludes halogenated alkanes) is 8. The van der Waals surface area contributed by atoms with E-state index in [0.717, 1.165) is 12.5 Å². The maximum absolute atomic E-state index is 5.55. The average molecular weight is 458 g/mol. The molecule has 0 aromatic heterocycles. The van der Waals surface area contributed by atoms with Gasteiger partial charge in [0.25, 0.3) is 0 Å². The average Bonchev–Trinajstić information content (AvgIpc) is 2.87. The van der Waals surface area contributed by atoms with Gasteiger partial charge in [0.05, 0.1) is 0 Å². The SMILES string of the molecule is Cc1ccccc1.NCCCCCCCCCCCC(Cc1ccccc1)Cc1ccccc1. The van der Waals surface area contributed by atoms with E-state index in [1.807, 2.05) is 18.2 Å². The summed E-state index contributed by atoms with van der Waals surface area (Å²) in [4.78, 5) is 0. The van der Waals surface area contributed by atoms with Gasteiger partial charge in [0.1, 0.15) is 0 Å². The Balaban J connectivity index is 0.000000497. The highest BCUT2D eigenvalue weighted by molar-refractivity contribution is 5.18. The van der Waals surface area contributed by atoms with Crippen LogP contribution in [0.1, 0.15) is 80.9 Å². The monoisotopic (exact) mass is 457 g/mol. The zero-order chi connectivity index (χ0) is 24.1. The van der Waals surface area contributed by atoms with E-state index in [2.05, 4.69) is 79.7 Å². The van der Waals surface area contributed by atoms with Gasteiger partial charge in [-0.05, 0) is 56.2 Å². The first kappa shape index (κ1) is 27.9. The second-order valence-corrected chi connectivity index (χ2v) is 9.66. The summed E-state index contributed by atoms with van der Waals surface area (Å²) in [5.74, 6) is 0.756. The third-order valence-electron chi connectivity index (χ3n) is 6.49. The smallest absolute Gasteiger partial charge is 0.00773 e. The van der Waals surface area contributed by atoms with E-state index in [0.29, 0.717) is 0 Å². The lowest BCUT2D eigenvalue weighted by molar-refractivity contribution is 0.444. The first-order chi connectivity index (χ1) is 16.8. The lowest BCUT2D eigenvalue weighted by Gasteiger charge is -2.17. The Morgan fingerprint density at radius 3 is 1.26 bits per heavy atom. The van der Waals surface area contributed by atoms with Gasteiger partial charge in [-0.1, -0.05) is 148 Å². The molecule has 0 unspecified atom stereocenters. The predicted octanol–water partition coefficient (Wildman–Crippen LogP) is 8.94. The van der Waals surface area contributed by atoms with Crippen molar-refractivity contribution in [1.82, 2.24) is 0 Å². The van der Waals surface area contributed by atoms with Crippen molar-refractivity contribution in [3.8, 4) is 0 Å². The normalized spacial score (nSPS) is 10.7. The third-order valence-corrected chi connectivity index (χ3v) is 6.49. The van der Waals surface area contributed by atoms with Crippen LogP contribution >= 0.6 is 0 Å². The second-order valence-electron chi connectivity index (χ2n) is 9.66. The molecular weight excluding hydrogens is 410 g/mol. The van der Waals surface area contributed by atoms with Crippen LogP contribution in [-0.2, 0) is 12.8 Å². The van der Waals surface area contributed by atoms with Gasteiger partial charge in [0.15, 0.2) is 0 Å². The molecule has 34 heavy (non-hydrogen) atoms. The molecule has 3 rings (SSSR count). The quantitative estimate of drug-likeness (QED) is 0.226. The van der Waals surface area contributed by atoms with Crippen LogP contribution in [0.15, 0.2) is 91.0 Å². The minimum Gasteiger partial charge on any atom is -0.330 e. The van der Waals surface area contributed by atoms with E-state index >= 15 is 0 Å². The molecule has 0 saturated heterocycles. The van der Waals surface area contributed by atoms with Crippen LogP contribution in [-0.4, -0.2) is 6.54 Å². The van der Waals surface area contributed by atoms with Crippen LogP contribution in [0.3, 0.4) is 0 Å². The minimum atomic E-state index is 0.756. The fraction of sp³-hybridized carbons (Fsp3) is 0.455. The standard InChI is InChI=1S/C26H39N.C7H8/c27-21-15-7-5-3-1-2-4-6-10-20-26(22-24-16-11-8-12-17-24)23-25-18-13-9-14-19-25;1-7-5-3-2-4-6-7/h8-9,11-14,16-19,26H,1-7,10,15,20-23,27H2;2-6H,1H3. The number of aryl methyl sites for hydroxylation is 1. The van der Waals surface area contributed by atoms with Crippen LogP contribution < -0.4 is 5.73 Å². The van der Waals surface area contributed by atoms with Crippen LogP contribution in [0.4, 0.5) is 0 Å². The summed E-state index contributed by atoms with van der Waals surface area (Å²) >= 11 is 0. The lowest BCUT2D eigenvalue weighted by Crippen LogP contribution is -2.08. The second kappa shape index (κ2) is 19.0. The Kier molecular flexibility index (Phi) is 15.6. The van der Waals surface area contributed by atoms with Gasteiger partial charge in [-0.25, -0.2) is 0 Å². The van der Waals surface area contributed by atoms with E-state index < -0.39 is 0 Å². The predicted molar refractivity (Wildman–Crippen MR) is 150 cm³/mol. The van der Waals surface area contributed by atoms with Gasteiger partial charge in [-0.3, -0.25) is 0 Å². The minimum absolute atomic E-state index is 0.756. The fourth-order valence-corrected chi connectivity index (χ4v) is 4.52. The molecule has 0 radical (unpaired) electrons. The molecular formula is C33H47N. The Morgan fingerprint density at radius 1 is 0.500 bits per heavy atom. The fourth-order valence-electron chi connectivity index (χ4n) is 4.52. The number of hydrogen-bond acceptors (Lipinski definition) is 1. The number of nitrogens with two attached hydrogens (primary N) is 1. The van der Waals surface area contributed by atoms with Crippen LogP contribution in [0.25, 0.3) is 0 Å². The van der Waals surface area contributed by atoms with Crippen molar-refractivity contribution in [1.29, 1.82) is 0 Å². The lowest BCUT2D eigenvalue weighted by atomic mass is 9.88. The van der Waals surface area contributed by atoms with Gasteiger partial charge in [0, 0.05) is 0 Å². The molecule has 184 valence electrons. The Hall–Kier alpha value is -2.38. The molecule has 2 N–H and O–H groups in total. The van der Waals surface area contributed by atoms with E-state index in [1.54, 1.807) is 0 Å². The molecule has 0 fully saturated rings. The summed E-state index contributed by atoms with van der Waals surface area (Å²) < 4.78 is 0. The first-order valence-corrected chi connectivity index (χ1v) is 13.6. The molecule has 0 amide bonds. The molecule has 0 heterocycles. The molecule has 0 aliphatic heterocycles. The van der Waals surface area contributed by atoms with Gasteiger partial charge >= 0.3 is 0 Å². The summed E-state index contributed by atoms with van der Waals surface area (Å²) in [7, 11) is 0. The molecule has 1 heteroatoms. The first-order valence-electron chi connectivity index (χ1n) is 13.6. The van der Waals surface area contributed by atoms with Crippen LogP contribution in [0.2, 0.25) is 0 Å². The summed E-state index contributed by atoms with van der Waals surface area (Å²) in [5, 5.41) is 0. The summed E-state index contributed by atoms with van der Waals surface area (Å²) in [6.45, 7) is 2.94. The van der Waals surface area contributed by atoms with Gasteiger partial charge in [-0.2, -0.15) is 0 Å². The zero-order valence-electron chi connectivity index (χ0n) is 21.5. The van der Waals surface area contributed by atoms with Gasteiger partial charge in [0.2, 0.25) is 0 Å². The maximum Gasteiger partial charge on any atom is -0.00773 e. The highest BCUT2D eigenvalue weighted by atomic mass is 14.5. The van der Waals surface area contributed by atoms with Gasteiger partial charge < -0.3 is 5.73 Å². The molecule has 1 nitrogen and oxygen atoms in total. The van der Waals surface area contributed by atoms with Crippen LogP contribution in [0.5, 0.6) is 0 Å². The number of hydrogen-bond donors (Lipinski definition) is 1. The molecule has 3 aromatic carbocycles. The largest absolute Gasteiger partial charge is 0.330 e. The van der Waals surface area contributed by atoms with Crippen molar-refractivity contribution in [3.05, 3.63) is 108 Å². The summed E-state index contributed by atoms with van der Waals surface area (Å²) in [6, 6.07) is 32.3. The number of benzene rings is 3. The maximum atomic E-state index is 5.55. The van der Waals surface area contributed by atoms with Crippen molar-refractivity contribution >= 4 is 0 Å². The van der Waals surface area contributed by atoms with Crippen molar-refractivity contribution in [3.63, 3.8) is 0 Å². The molecule has 0 atom stereocenters. The van der Waals surface area contributed by atoms with Crippen molar-refractivity contribution < 1.29 is 0 Å². The Labute approximate surface area is 209 Å². The summed E-state index contributed by atoms with van der Waals surface area (Å²) in [5.41, 5.74) is 9.83. The molecule has 0 saturated carbocycles. The Bertz CT molecular complexity index is 771.